The van der Waals surface area contributed by atoms with Crippen LogP contribution in [0.4, 0.5) is 11.6 Å². The molecule has 0 saturated heterocycles. The van der Waals surface area contributed by atoms with Crippen molar-refractivity contribution in [2.45, 2.75) is 26.8 Å². The number of hydrogen-bond acceptors (Lipinski definition) is 3. The van der Waals surface area contributed by atoms with Crippen LogP contribution in [0.3, 0.4) is 0 Å². The number of aryl methyl sites for hydroxylation is 1. The summed E-state index contributed by atoms with van der Waals surface area (Å²) in [6, 6.07) is 5.76. The van der Waals surface area contributed by atoms with E-state index in [-0.39, 0.29) is 5.91 Å². The number of nitrogen functional groups attached to an aromatic ring is 1. The lowest BCUT2D eigenvalue weighted by molar-refractivity contribution is -0.116. The zero-order valence-corrected chi connectivity index (χ0v) is 11.0. The molecule has 0 radical (unpaired) electrons. The third-order valence-corrected chi connectivity index (χ3v) is 3.07. The van der Waals surface area contributed by atoms with E-state index in [4.69, 9.17) is 5.73 Å². The highest BCUT2D eigenvalue weighted by Gasteiger charge is 2.11. The van der Waals surface area contributed by atoms with E-state index in [1.54, 1.807) is 11.9 Å². The zero-order valence-electron chi connectivity index (χ0n) is 11.0. The summed E-state index contributed by atoms with van der Waals surface area (Å²) in [5, 5.41) is 0. The molecule has 0 aliphatic carbocycles. The smallest absolute Gasteiger partial charge is 0.223 e. The van der Waals surface area contributed by atoms with Gasteiger partial charge in [0.2, 0.25) is 11.9 Å². The van der Waals surface area contributed by atoms with Gasteiger partial charge < -0.3 is 15.2 Å². The van der Waals surface area contributed by atoms with Crippen molar-refractivity contribution in [3.8, 4) is 0 Å². The molecule has 0 fully saturated rings. The number of carbonyl (C=O) groups is 1. The average molecular weight is 246 g/mol. The molecule has 0 saturated carbocycles. The quantitative estimate of drug-likeness (QED) is 0.901. The van der Waals surface area contributed by atoms with E-state index in [9.17, 15) is 4.79 Å². The van der Waals surface area contributed by atoms with Crippen LogP contribution in [0, 0.1) is 0 Å². The summed E-state index contributed by atoms with van der Waals surface area (Å²) in [4.78, 5) is 17.3. The van der Waals surface area contributed by atoms with E-state index >= 15 is 0 Å². The minimum absolute atomic E-state index is 0.00434. The summed E-state index contributed by atoms with van der Waals surface area (Å²) >= 11 is 0. The van der Waals surface area contributed by atoms with Crippen LogP contribution in [-0.2, 0) is 11.3 Å². The monoisotopic (exact) mass is 246 g/mol. The summed E-state index contributed by atoms with van der Waals surface area (Å²) in [5.74, 6) is 0.518. The number of aromatic nitrogens is 2. The molecule has 0 bridgehead atoms. The lowest BCUT2D eigenvalue weighted by Crippen LogP contribution is -2.22. The van der Waals surface area contributed by atoms with Crippen molar-refractivity contribution in [3.05, 3.63) is 18.2 Å². The van der Waals surface area contributed by atoms with Crippen molar-refractivity contribution < 1.29 is 4.79 Å². The second-order valence-corrected chi connectivity index (χ2v) is 4.37. The Morgan fingerprint density at radius 1 is 1.50 bits per heavy atom. The number of anilines is 2. The van der Waals surface area contributed by atoms with Gasteiger partial charge in [-0.1, -0.05) is 6.92 Å². The number of fused-ring (bicyclic) bond motifs is 1. The summed E-state index contributed by atoms with van der Waals surface area (Å²) in [7, 11) is 1.75. The molecule has 2 rings (SSSR count). The predicted octanol–water partition coefficient (Wildman–Crippen LogP) is 2.01. The van der Waals surface area contributed by atoms with Gasteiger partial charge in [0.25, 0.3) is 0 Å². The molecular formula is C13H18N4O. The molecule has 0 unspecified atom stereocenters. The molecule has 2 N–H and O–H groups in total. The van der Waals surface area contributed by atoms with Gasteiger partial charge in [0, 0.05) is 26.2 Å². The van der Waals surface area contributed by atoms with Gasteiger partial charge in [-0.2, -0.15) is 0 Å². The fourth-order valence-corrected chi connectivity index (χ4v) is 1.99. The zero-order chi connectivity index (χ0) is 13.3. The first-order chi connectivity index (χ1) is 8.54. The maximum Gasteiger partial charge on any atom is 0.223 e. The van der Waals surface area contributed by atoms with Crippen LogP contribution in [0.5, 0.6) is 0 Å². The summed E-state index contributed by atoms with van der Waals surface area (Å²) in [6.07, 6.45) is 1.00. The van der Waals surface area contributed by atoms with Crippen LogP contribution < -0.4 is 10.6 Å². The Morgan fingerprint density at radius 3 is 2.83 bits per heavy atom. The lowest BCUT2D eigenvalue weighted by Gasteiger charge is -2.14. The number of imidazole rings is 1. The highest BCUT2D eigenvalue weighted by molar-refractivity contribution is 5.93. The maximum absolute atomic E-state index is 11.3. The number of rotatable bonds is 3. The lowest BCUT2D eigenvalue weighted by atomic mass is 10.2. The molecule has 2 aromatic rings. The summed E-state index contributed by atoms with van der Waals surface area (Å²) in [6.45, 7) is 4.49. The van der Waals surface area contributed by atoms with Crippen molar-refractivity contribution in [1.29, 1.82) is 0 Å². The fraction of sp³-hybridized carbons (Fsp3) is 0.385. The van der Waals surface area contributed by atoms with Crippen LogP contribution in [0.1, 0.15) is 20.3 Å². The number of nitrogens with zero attached hydrogens (tertiary/aromatic N) is 3. The van der Waals surface area contributed by atoms with Gasteiger partial charge in [-0.3, -0.25) is 4.79 Å². The molecule has 1 aromatic heterocycles. The van der Waals surface area contributed by atoms with Crippen molar-refractivity contribution in [1.82, 2.24) is 9.55 Å². The van der Waals surface area contributed by atoms with Gasteiger partial charge in [-0.25, -0.2) is 4.98 Å². The predicted molar refractivity (Wildman–Crippen MR) is 73.5 cm³/mol. The van der Waals surface area contributed by atoms with Crippen LogP contribution in [-0.4, -0.2) is 22.5 Å². The first kappa shape index (κ1) is 12.4. The van der Waals surface area contributed by atoms with Gasteiger partial charge in [-0.05, 0) is 24.6 Å². The minimum atomic E-state index is -0.00434. The van der Waals surface area contributed by atoms with Gasteiger partial charge in [0.15, 0.2) is 0 Å². The maximum atomic E-state index is 11.3. The number of nitrogens with two attached hydrogens (primary N) is 1. The van der Waals surface area contributed by atoms with Crippen LogP contribution in [0.25, 0.3) is 11.0 Å². The SMILES string of the molecule is CCCn1c(N)nc2cc(N(C)C(C)=O)ccc21. The van der Waals surface area contributed by atoms with Gasteiger partial charge >= 0.3 is 0 Å². The van der Waals surface area contributed by atoms with Crippen molar-refractivity contribution in [3.63, 3.8) is 0 Å². The normalized spacial score (nSPS) is 10.8. The second kappa shape index (κ2) is 4.68. The average Bonchev–Trinajstić information content (AvgIpc) is 2.64. The standard InChI is InChI=1S/C13H18N4O/c1-4-7-17-12-6-5-10(16(3)9(2)18)8-11(12)15-13(17)14/h5-6,8H,4,7H2,1-3H3,(H2,14,15). The summed E-state index contributed by atoms with van der Waals surface area (Å²) in [5.41, 5.74) is 8.56. The highest BCUT2D eigenvalue weighted by atomic mass is 16.2. The number of carbonyl (C=O) groups excluding carboxylic acids is 1. The molecule has 0 aliphatic rings. The third kappa shape index (κ3) is 2.03. The van der Waals surface area contributed by atoms with Gasteiger partial charge in [0.1, 0.15) is 0 Å². The molecule has 96 valence electrons. The third-order valence-electron chi connectivity index (χ3n) is 3.07. The largest absolute Gasteiger partial charge is 0.369 e. The Kier molecular flexibility index (Phi) is 3.23. The van der Waals surface area contributed by atoms with Gasteiger partial charge in [0.05, 0.1) is 11.0 Å². The van der Waals surface area contributed by atoms with Crippen molar-refractivity contribution in [2.24, 2.45) is 0 Å². The topological polar surface area (TPSA) is 64.2 Å². The molecular weight excluding hydrogens is 228 g/mol. The van der Waals surface area contributed by atoms with E-state index in [0.29, 0.717) is 5.95 Å². The molecule has 1 amide bonds. The van der Waals surface area contributed by atoms with E-state index in [1.165, 1.54) is 6.92 Å². The van der Waals surface area contributed by atoms with E-state index in [1.807, 2.05) is 22.8 Å². The Bertz CT molecular complexity index is 588. The molecule has 1 aromatic carbocycles. The molecule has 5 heteroatoms. The van der Waals surface area contributed by atoms with Crippen LogP contribution >= 0.6 is 0 Å². The van der Waals surface area contributed by atoms with Crippen LogP contribution in [0.2, 0.25) is 0 Å². The molecule has 0 spiro atoms. The number of hydrogen-bond donors (Lipinski definition) is 1. The second-order valence-electron chi connectivity index (χ2n) is 4.37. The Hall–Kier alpha value is -2.04. The van der Waals surface area contributed by atoms with Crippen molar-refractivity contribution in [2.75, 3.05) is 17.7 Å². The Morgan fingerprint density at radius 2 is 2.22 bits per heavy atom. The van der Waals surface area contributed by atoms with E-state index in [0.717, 1.165) is 29.7 Å². The van der Waals surface area contributed by atoms with Gasteiger partial charge in [-0.15, -0.1) is 0 Å². The number of amides is 1. The first-order valence-corrected chi connectivity index (χ1v) is 6.04. The molecule has 1 heterocycles. The first-order valence-electron chi connectivity index (χ1n) is 6.04. The Labute approximate surface area is 106 Å². The molecule has 5 nitrogen and oxygen atoms in total. The summed E-state index contributed by atoms with van der Waals surface area (Å²) < 4.78 is 1.99. The Balaban J connectivity index is 2.50. The van der Waals surface area contributed by atoms with E-state index < -0.39 is 0 Å². The van der Waals surface area contributed by atoms with Crippen molar-refractivity contribution >= 4 is 28.6 Å². The highest BCUT2D eigenvalue weighted by Crippen LogP contribution is 2.23. The molecule has 18 heavy (non-hydrogen) atoms. The number of benzene rings is 1. The molecule has 0 atom stereocenters. The molecule has 0 aliphatic heterocycles. The minimum Gasteiger partial charge on any atom is -0.369 e. The van der Waals surface area contributed by atoms with E-state index in [2.05, 4.69) is 11.9 Å². The van der Waals surface area contributed by atoms with Crippen LogP contribution in [0.15, 0.2) is 18.2 Å². The fourth-order valence-electron chi connectivity index (χ4n) is 1.99.